The van der Waals surface area contributed by atoms with Crippen molar-refractivity contribution in [1.29, 1.82) is 0 Å². The van der Waals surface area contributed by atoms with E-state index < -0.39 is 0 Å². The Bertz CT molecular complexity index is 528. The standard InChI is InChI=1S/C15H20N4O/c20-14-4-2-1-3-13(14)7-16-15-8-17-5-6-18(9-15)12-19(10-15)11-17/h1-4,7,20H,5-6,8-12H2/p+3. The Hall–Kier alpha value is -1.43. The van der Waals surface area contributed by atoms with Crippen molar-refractivity contribution in [3.63, 3.8) is 0 Å². The molecule has 20 heavy (non-hydrogen) atoms. The maximum absolute atomic E-state index is 9.87. The fourth-order valence-electron chi connectivity index (χ4n) is 4.25. The van der Waals surface area contributed by atoms with Gasteiger partial charge < -0.3 is 5.11 Å². The van der Waals surface area contributed by atoms with Crippen LogP contribution in [0.3, 0.4) is 0 Å². The van der Waals surface area contributed by atoms with E-state index in [4.69, 9.17) is 4.99 Å². The summed E-state index contributed by atoms with van der Waals surface area (Å²) < 4.78 is 0. The zero-order chi connectivity index (χ0) is 13.6. The van der Waals surface area contributed by atoms with Crippen LogP contribution in [0.4, 0.5) is 0 Å². The van der Waals surface area contributed by atoms with Gasteiger partial charge in [0.15, 0.2) is 0 Å². The molecule has 2 atom stereocenters. The summed E-state index contributed by atoms with van der Waals surface area (Å²) in [6, 6.07) is 7.46. The van der Waals surface area contributed by atoms with Crippen LogP contribution in [0, 0.1) is 0 Å². The number of rotatable bonds is 2. The fourth-order valence-corrected chi connectivity index (χ4v) is 4.25. The van der Waals surface area contributed by atoms with Crippen molar-refractivity contribution in [2.75, 3.05) is 46.1 Å². The molecule has 0 aromatic heterocycles. The number of hydrogen-bond acceptors (Lipinski definition) is 2. The second-order valence-corrected chi connectivity index (χ2v) is 6.68. The number of quaternary nitrogens is 3. The number of hydrogen-bond donors (Lipinski definition) is 4. The number of aromatic hydroxyl groups is 1. The highest BCUT2D eigenvalue weighted by Crippen LogP contribution is 2.15. The molecule has 0 aliphatic carbocycles. The summed E-state index contributed by atoms with van der Waals surface area (Å²) in [7, 11) is 0. The van der Waals surface area contributed by atoms with Gasteiger partial charge in [0.05, 0.1) is 0 Å². The smallest absolute Gasteiger partial charge is 0.209 e. The van der Waals surface area contributed by atoms with E-state index in [1.807, 2.05) is 24.4 Å². The summed E-state index contributed by atoms with van der Waals surface area (Å²) in [5, 5.41) is 9.87. The van der Waals surface area contributed by atoms with Crippen molar-refractivity contribution < 1.29 is 19.8 Å². The van der Waals surface area contributed by atoms with Crippen LogP contribution in [0.2, 0.25) is 0 Å². The third kappa shape index (κ3) is 2.12. The lowest BCUT2D eigenvalue weighted by Crippen LogP contribution is -3.42. The highest BCUT2D eigenvalue weighted by molar-refractivity contribution is 5.83. The van der Waals surface area contributed by atoms with E-state index in [1.54, 1.807) is 20.8 Å². The van der Waals surface area contributed by atoms with Crippen LogP contribution < -0.4 is 14.7 Å². The SMILES string of the molecule is Oc1ccccc1C=NC12C[NH+]3CC[NH+](C[NH+](C3)C1)C2. The molecule has 4 saturated heterocycles. The maximum atomic E-state index is 9.87. The first-order chi connectivity index (χ1) is 9.72. The van der Waals surface area contributed by atoms with E-state index in [0.29, 0.717) is 5.75 Å². The van der Waals surface area contributed by atoms with E-state index in [2.05, 4.69) is 0 Å². The van der Waals surface area contributed by atoms with Gasteiger partial charge in [0.1, 0.15) is 38.5 Å². The quantitative estimate of drug-likeness (QED) is 0.411. The summed E-state index contributed by atoms with van der Waals surface area (Å²) in [4.78, 5) is 10.1. The minimum absolute atomic E-state index is 0.0787. The van der Waals surface area contributed by atoms with E-state index in [-0.39, 0.29) is 5.54 Å². The van der Waals surface area contributed by atoms with Crippen LogP contribution in [0.25, 0.3) is 0 Å². The van der Waals surface area contributed by atoms with Gasteiger partial charge in [-0.3, -0.25) is 14.8 Å². The molecular formula is C15H23N4O+3. The summed E-state index contributed by atoms with van der Waals surface area (Å²) in [6.07, 6.45) is 1.89. The van der Waals surface area contributed by atoms with Gasteiger partial charge in [-0.1, -0.05) is 12.1 Å². The average Bonchev–Trinajstić information content (AvgIpc) is 2.64. The number of aliphatic imine (C=N–C) groups is 1. The van der Waals surface area contributed by atoms with Crippen LogP contribution in [0.5, 0.6) is 5.75 Å². The molecule has 5 nitrogen and oxygen atoms in total. The topological polar surface area (TPSA) is 45.9 Å². The molecule has 4 aliphatic rings. The number of nitrogens with one attached hydrogen (secondary N) is 3. The number of fused-ring (bicyclic) bond motifs is 1. The van der Waals surface area contributed by atoms with Crippen molar-refractivity contribution in [3.8, 4) is 5.75 Å². The van der Waals surface area contributed by atoms with Gasteiger partial charge in [0, 0.05) is 11.8 Å². The summed E-state index contributed by atoms with van der Waals surface area (Å²) in [5.74, 6) is 0.326. The molecule has 0 saturated carbocycles. The van der Waals surface area contributed by atoms with Crippen molar-refractivity contribution in [2.45, 2.75) is 5.54 Å². The third-order valence-electron chi connectivity index (χ3n) is 4.98. The van der Waals surface area contributed by atoms with Crippen LogP contribution in [0.1, 0.15) is 5.56 Å². The minimum atomic E-state index is 0.0787. The first-order valence-electron chi connectivity index (χ1n) is 7.56. The highest BCUT2D eigenvalue weighted by atomic mass is 16.3. The first-order valence-corrected chi connectivity index (χ1v) is 7.56. The lowest BCUT2D eigenvalue weighted by atomic mass is 9.94. The predicted octanol–water partition coefficient (Wildman–Crippen LogP) is -3.84. The van der Waals surface area contributed by atoms with E-state index in [9.17, 15) is 5.11 Å². The number of phenolic OH excluding ortho intramolecular Hbond substituents is 1. The van der Waals surface area contributed by atoms with Gasteiger partial charge in [-0.2, -0.15) is 0 Å². The monoisotopic (exact) mass is 275 g/mol. The van der Waals surface area contributed by atoms with Gasteiger partial charge in [-0.25, -0.2) is 4.90 Å². The predicted molar refractivity (Wildman–Crippen MR) is 75.4 cm³/mol. The number of para-hydroxylation sites is 1. The second-order valence-electron chi connectivity index (χ2n) is 6.68. The lowest BCUT2D eigenvalue weighted by molar-refractivity contribution is -1.17. The molecule has 0 radical (unpaired) electrons. The largest absolute Gasteiger partial charge is 0.507 e. The van der Waals surface area contributed by atoms with E-state index in [0.717, 1.165) is 25.2 Å². The second kappa shape index (κ2) is 4.55. The maximum Gasteiger partial charge on any atom is 0.209 e. The number of phenols is 1. The molecule has 4 heterocycles. The molecule has 5 rings (SSSR count). The molecule has 4 fully saturated rings. The first kappa shape index (κ1) is 12.3. The zero-order valence-electron chi connectivity index (χ0n) is 11.7. The van der Waals surface area contributed by atoms with E-state index >= 15 is 0 Å². The van der Waals surface area contributed by atoms with Gasteiger partial charge in [-0.15, -0.1) is 0 Å². The number of benzene rings is 1. The summed E-state index contributed by atoms with van der Waals surface area (Å²) in [6.45, 7) is 8.56. The Balaban J connectivity index is 1.63. The number of nitrogens with zero attached hydrogens (tertiary/aromatic N) is 1. The lowest BCUT2D eigenvalue weighted by Gasteiger charge is -2.41. The zero-order valence-corrected chi connectivity index (χ0v) is 11.7. The molecule has 106 valence electrons. The van der Waals surface area contributed by atoms with Crippen LogP contribution in [-0.4, -0.2) is 62.9 Å². The van der Waals surface area contributed by atoms with Gasteiger partial charge >= 0.3 is 0 Å². The van der Waals surface area contributed by atoms with Crippen molar-refractivity contribution in [1.82, 2.24) is 0 Å². The Morgan fingerprint density at radius 2 is 1.65 bits per heavy atom. The third-order valence-corrected chi connectivity index (χ3v) is 4.98. The molecule has 4 bridgehead atoms. The van der Waals surface area contributed by atoms with Crippen molar-refractivity contribution in [2.24, 2.45) is 4.99 Å². The molecule has 5 heteroatoms. The molecule has 4 N–H and O–H groups in total. The minimum Gasteiger partial charge on any atom is -0.507 e. The molecule has 0 amide bonds. The molecule has 1 aromatic rings. The molecule has 0 spiro atoms. The Labute approximate surface area is 119 Å². The van der Waals surface area contributed by atoms with Gasteiger partial charge in [0.25, 0.3) is 0 Å². The van der Waals surface area contributed by atoms with Crippen LogP contribution in [0.15, 0.2) is 29.3 Å². The van der Waals surface area contributed by atoms with Crippen LogP contribution in [-0.2, 0) is 0 Å². The molecular weight excluding hydrogens is 252 g/mol. The molecule has 4 aliphatic heterocycles. The van der Waals surface area contributed by atoms with Gasteiger partial charge in [0.2, 0.25) is 18.9 Å². The Morgan fingerprint density at radius 3 is 2.35 bits per heavy atom. The van der Waals surface area contributed by atoms with Gasteiger partial charge in [-0.05, 0) is 12.1 Å². The molecule has 1 aromatic carbocycles. The summed E-state index contributed by atoms with van der Waals surface area (Å²) in [5.41, 5.74) is 0.914. The fraction of sp³-hybridized carbons (Fsp3) is 0.533. The highest BCUT2D eigenvalue weighted by Gasteiger charge is 2.54. The van der Waals surface area contributed by atoms with E-state index in [1.165, 1.54) is 26.4 Å². The van der Waals surface area contributed by atoms with Crippen LogP contribution >= 0.6 is 0 Å². The Kier molecular flexibility index (Phi) is 2.80. The summed E-state index contributed by atoms with van der Waals surface area (Å²) >= 11 is 0. The average molecular weight is 275 g/mol. The normalized spacial score (nSPS) is 39.3. The Morgan fingerprint density at radius 1 is 1.00 bits per heavy atom. The molecule has 2 unspecified atom stereocenters. The van der Waals surface area contributed by atoms with Crippen molar-refractivity contribution >= 4 is 6.21 Å². The van der Waals surface area contributed by atoms with Crippen molar-refractivity contribution in [3.05, 3.63) is 29.8 Å².